The van der Waals surface area contributed by atoms with Crippen molar-refractivity contribution in [2.45, 2.75) is 13.0 Å². The minimum absolute atomic E-state index is 0.0322. The quantitative estimate of drug-likeness (QED) is 0.835. The van der Waals surface area contributed by atoms with Crippen molar-refractivity contribution in [1.82, 2.24) is 0 Å². The molecule has 0 aromatic heterocycles. The van der Waals surface area contributed by atoms with Gasteiger partial charge in [-0.2, -0.15) is 5.26 Å². The summed E-state index contributed by atoms with van der Waals surface area (Å²) in [6.07, 6.45) is -0.525. The first-order chi connectivity index (χ1) is 10.5. The predicted octanol–water partition coefficient (Wildman–Crippen LogP) is 4.33. The van der Waals surface area contributed by atoms with Crippen molar-refractivity contribution in [2.75, 3.05) is 0 Å². The molecule has 1 N–H and O–H groups in total. The Hall–Kier alpha value is -3.00. The second-order valence-electron chi connectivity index (χ2n) is 4.58. The monoisotopic (exact) mass is 299 g/mol. The molecule has 0 saturated carbocycles. The normalized spacial score (nSPS) is 11.3. The second kappa shape index (κ2) is 6.64. The van der Waals surface area contributed by atoms with Crippen LogP contribution in [0, 0.1) is 17.1 Å². The van der Waals surface area contributed by atoms with E-state index in [1.54, 1.807) is 31.2 Å². The Morgan fingerprint density at radius 3 is 2.41 bits per heavy atom. The molecule has 0 aliphatic rings. The summed E-state index contributed by atoms with van der Waals surface area (Å²) in [5, 5.41) is 17.9. The Morgan fingerprint density at radius 2 is 1.86 bits per heavy atom. The molecule has 2 aromatic carbocycles. The van der Waals surface area contributed by atoms with E-state index >= 15 is 0 Å². The number of ether oxygens (including phenoxy) is 2. The lowest BCUT2D eigenvalue weighted by Gasteiger charge is -2.13. The Morgan fingerprint density at radius 1 is 1.23 bits per heavy atom. The number of aliphatic hydroxyl groups is 1. The number of hydrogen-bond acceptors (Lipinski definition) is 4. The van der Waals surface area contributed by atoms with Crippen molar-refractivity contribution in [2.24, 2.45) is 0 Å². The van der Waals surface area contributed by atoms with Crippen LogP contribution in [-0.2, 0) is 0 Å². The lowest BCUT2D eigenvalue weighted by molar-refractivity contribution is 0.193. The highest BCUT2D eigenvalue weighted by Gasteiger charge is 2.08. The van der Waals surface area contributed by atoms with Crippen molar-refractivity contribution in [1.29, 1.82) is 5.26 Å². The smallest absolute Gasteiger partial charge is 0.167 e. The molecule has 0 radical (unpaired) electrons. The van der Waals surface area contributed by atoms with E-state index in [1.807, 2.05) is 6.07 Å². The molecular weight excluding hydrogens is 285 g/mol. The first kappa shape index (κ1) is 15.4. The zero-order valence-corrected chi connectivity index (χ0v) is 11.9. The molecule has 1 atom stereocenters. The molecule has 0 amide bonds. The van der Waals surface area contributed by atoms with Crippen molar-refractivity contribution >= 4 is 0 Å². The van der Waals surface area contributed by atoms with Gasteiger partial charge in [0.15, 0.2) is 17.7 Å². The SMILES string of the molecule is C=C(O)[C@H](C)Oc1ccc(Oc2ccc(C#N)cc2F)cc1. The Bertz CT molecular complexity index is 720. The summed E-state index contributed by atoms with van der Waals surface area (Å²) in [7, 11) is 0. The zero-order valence-electron chi connectivity index (χ0n) is 11.9. The molecular formula is C17H14FNO3. The van der Waals surface area contributed by atoms with Crippen LogP contribution in [0.15, 0.2) is 54.8 Å². The predicted molar refractivity (Wildman–Crippen MR) is 79.5 cm³/mol. The minimum atomic E-state index is -0.607. The van der Waals surface area contributed by atoms with Gasteiger partial charge < -0.3 is 14.6 Å². The maximum absolute atomic E-state index is 13.7. The van der Waals surface area contributed by atoms with Gasteiger partial charge >= 0.3 is 0 Å². The highest BCUT2D eigenvalue weighted by molar-refractivity contribution is 5.40. The summed E-state index contributed by atoms with van der Waals surface area (Å²) in [4.78, 5) is 0. The van der Waals surface area contributed by atoms with Gasteiger partial charge in [0, 0.05) is 0 Å². The van der Waals surface area contributed by atoms with E-state index in [9.17, 15) is 9.50 Å². The van der Waals surface area contributed by atoms with E-state index in [4.69, 9.17) is 14.7 Å². The molecule has 2 aromatic rings. The van der Waals surface area contributed by atoms with Crippen LogP contribution in [0.3, 0.4) is 0 Å². The number of halogens is 1. The van der Waals surface area contributed by atoms with Gasteiger partial charge in [0.2, 0.25) is 0 Å². The van der Waals surface area contributed by atoms with E-state index in [1.165, 1.54) is 12.1 Å². The number of benzene rings is 2. The van der Waals surface area contributed by atoms with Gasteiger partial charge in [-0.15, -0.1) is 0 Å². The molecule has 0 fully saturated rings. The maximum Gasteiger partial charge on any atom is 0.167 e. The van der Waals surface area contributed by atoms with Gasteiger partial charge in [-0.1, -0.05) is 6.58 Å². The fraction of sp³-hybridized carbons (Fsp3) is 0.118. The number of hydrogen-bond donors (Lipinski definition) is 1. The molecule has 0 aliphatic carbocycles. The van der Waals surface area contributed by atoms with Gasteiger partial charge in [0.05, 0.1) is 11.6 Å². The average molecular weight is 299 g/mol. The van der Waals surface area contributed by atoms with Crippen molar-refractivity contribution in [3.63, 3.8) is 0 Å². The highest BCUT2D eigenvalue weighted by atomic mass is 19.1. The number of nitrogens with zero attached hydrogens (tertiary/aromatic N) is 1. The van der Waals surface area contributed by atoms with Crippen molar-refractivity contribution in [3.05, 3.63) is 66.2 Å². The molecule has 0 aliphatic heterocycles. The molecule has 0 unspecified atom stereocenters. The molecule has 112 valence electrons. The van der Waals surface area contributed by atoms with Crippen LogP contribution in [0.5, 0.6) is 17.2 Å². The minimum Gasteiger partial charge on any atom is -0.509 e. The third-order valence-electron chi connectivity index (χ3n) is 2.89. The molecule has 4 nitrogen and oxygen atoms in total. The Kier molecular flexibility index (Phi) is 4.64. The van der Waals surface area contributed by atoms with Gasteiger partial charge in [-0.05, 0) is 49.4 Å². The third-order valence-corrected chi connectivity index (χ3v) is 2.89. The molecule has 0 bridgehead atoms. The standard InChI is InChI=1S/C17H14FNO3/c1-11(20)12(2)21-14-4-6-15(7-5-14)22-17-8-3-13(10-19)9-16(17)18/h3-9,12,20H,1H2,2H3/t12-/m0/s1. The van der Waals surface area contributed by atoms with E-state index in [-0.39, 0.29) is 17.1 Å². The zero-order chi connectivity index (χ0) is 16.1. The summed E-state index contributed by atoms with van der Waals surface area (Å²) in [6, 6.07) is 12.3. The van der Waals surface area contributed by atoms with Crippen LogP contribution in [0.25, 0.3) is 0 Å². The van der Waals surface area contributed by atoms with Crippen LogP contribution < -0.4 is 9.47 Å². The number of rotatable bonds is 5. The number of aliphatic hydroxyl groups excluding tert-OH is 1. The lowest BCUT2D eigenvalue weighted by atomic mass is 10.2. The van der Waals surface area contributed by atoms with Crippen LogP contribution in [0.4, 0.5) is 4.39 Å². The van der Waals surface area contributed by atoms with Gasteiger partial charge in [-0.25, -0.2) is 4.39 Å². The van der Waals surface area contributed by atoms with Crippen LogP contribution in [0.2, 0.25) is 0 Å². The van der Waals surface area contributed by atoms with Gasteiger partial charge in [0.25, 0.3) is 0 Å². The fourth-order valence-corrected chi connectivity index (χ4v) is 1.64. The first-order valence-corrected chi connectivity index (χ1v) is 6.51. The molecule has 2 rings (SSSR count). The summed E-state index contributed by atoms with van der Waals surface area (Å²) in [5.74, 6) is 0.302. The second-order valence-corrected chi connectivity index (χ2v) is 4.58. The van der Waals surface area contributed by atoms with Gasteiger partial charge in [-0.3, -0.25) is 0 Å². The molecule has 0 saturated heterocycles. The maximum atomic E-state index is 13.7. The van der Waals surface area contributed by atoms with Crippen LogP contribution in [-0.4, -0.2) is 11.2 Å². The van der Waals surface area contributed by atoms with E-state index in [2.05, 4.69) is 6.58 Å². The third kappa shape index (κ3) is 3.76. The lowest BCUT2D eigenvalue weighted by Crippen LogP contribution is -2.13. The van der Waals surface area contributed by atoms with Gasteiger partial charge in [0.1, 0.15) is 17.3 Å². The molecule has 5 heteroatoms. The summed E-state index contributed by atoms with van der Waals surface area (Å²) >= 11 is 0. The molecule has 22 heavy (non-hydrogen) atoms. The summed E-state index contributed by atoms with van der Waals surface area (Å²) in [6.45, 7) is 5.06. The van der Waals surface area contributed by atoms with Crippen LogP contribution >= 0.6 is 0 Å². The topological polar surface area (TPSA) is 62.5 Å². The largest absolute Gasteiger partial charge is 0.509 e. The summed E-state index contributed by atoms with van der Waals surface area (Å²) < 4.78 is 24.6. The molecule has 0 spiro atoms. The van der Waals surface area contributed by atoms with Crippen molar-refractivity contribution in [3.8, 4) is 23.3 Å². The molecule has 0 heterocycles. The van der Waals surface area contributed by atoms with E-state index in [0.717, 1.165) is 6.07 Å². The Balaban J connectivity index is 2.08. The van der Waals surface area contributed by atoms with E-state index < -0.39 is 11.9 Å². The first-order valence-electron chi connectivity index (χ1n) is 6.51. The van der Waals surface area contributed by atoms with E-state index in [0.29, 0.717) is 11.5 Å². The number of nitriles is 1. The highest BCUT2D eigenvalue weighted by Crippen LogP contribution is 2.27. The summed E-state index contributed by atoms with van der Waals surface area (Å²) in [5.41, 5.74) is 0.229. The fourth-order valence-electron chi connectivity index (χ4n) is 1.64. The van der Waals surface area contributed by atoms with Crippen molar-refractivity contribution < 1.29 is 19.0 Å². The average Bonchev–Trinajstić information content (AvgIpc) is 2.51. The Labute approximate surface area is 127 Å². The van der Waals surface area contributed by atoms with Crippen LogP contribution in [0.1, 0.15) is 12.5 Å².